The van der Waals surface area contributed by atoms with Crippen LogP contribution in [0.5, 0.6) is 0 Å². The summed E-state index contributed by atoms with van der Waals surface area (Å²) in [5, 5.41) is 2.90. The summed E-state index contributed by atoms with van der Waals surface area (Å²) in [7, 11) is 0. The Kier molecular flexibility index (Phi) is 4.66. The van der Waals surface area contributed by atoms with E-state index in [9.17, 15) is 9.59 Å². The summed E-state index contributed by atoms with van der Waals surface area (Å²) < 4.78 is 1.26. The molecule has 2 aromatic heterocycles. The molecule has 0 aliphatic carbocycles. The molecule has 0 aliphatic rings. The number of fused-ring (bicyclic) bond motifs is 1. The maximum absolute atomic E-state index is 13.0. The van der Waals surface area contributed by atoms with Gasteiger partial charge in [0.15, 0.2) is 5.01 Å². The van der Waals surface area contributed by atoms with E-state index in [0.717, 1.165) is 5.56 Å². The van der Waals surface area contributed by atoms with Crippen molar-refractivity contribution in [1.82, 2.24) is 14.5 Å². The number of hydrogen-bond donors (Lipinski definition) is 0. The number of Topliss-reactive ketones (excluding diaryl/α,β-unsaturated/α-hetero) is 1. The zero-order valence-corrected chi connectivity index (χ0v) is 15.4. The monoisotopic (exact) mass is 393 g/mol. The van der Waals surface area contributed by atoms with Gasteiger partial charge in [-0.3, -0.25) is 14.2 Å². The predicted octanol–water partition coefficient (Wildman–Crippen LogP) is 4.39. The Bertz CT molecular complexity index is 1220. The molecule has 0 spiro atoms. The summed E-state index contributed by atoms with van der Waals surface area (Å²) in [6.07, 6.45) is 4.57. The highest BCUT2D eigenvalue weighted by Gasteiger charge is 2.19. The van der Waals surface area contributed by atoms with Crippen LogP contribution in [-0.4, -0.2) is 20.3 Å². The number of rotatable bonds is 4. The number of hydrogen-bond acceptors (Lipinski definition) is 5. The fourth-order valence-corrected chi connectivity index (χ4v) is 3.41. The summed E-state index contributed by atoms with van der Waals surface area (Å²) in [6.45, 7) is 0. The Balaban J connectivity index is 1.94. The number of thiazole rings is 1. The van der Waals surface area contributed by atoms with E-state index in [-0.39, 0.29) is 17.0 Å². The number of aromatic nitrogens is 3. The van der Waals surface area contributed by atoms with Gasteiger partial charge in [0, 0.05) is 16.6 Å². The lowest BCUT2D eigenvalue weighted by Crippen LogP contribution is -2.23. The third kappa shape index (κ3) is 3.45. The molecule has 27 heavy (non-hydrogen) atoms. The Morgan fingerprint density at radius 1 is 1.11 bits per heavy atom. The van der Waals surface area contributed by atoms with Crippen molar-refractivity contribution in [3.8, 4) is 0 Å². The Morgan fingerprint density at radius 2 is 1.93 bits per heavy atom. The standard InChI is InChI=1S/C20H12ClN3O2S/c21-14-6-7-15-16(11-14)23-12-24(20(15)26)17(10-13-4-2-1-3-5-13)18(25)19-22-8-9-27-19/h1-12H/b17-10-. The first-order valence-electron chi connectivity index (χ1n) is 8.02. The first-order valence-corrected chi connectivity index (χ1v) is 9.27. The van der Waals surface area contributed by atoms with Crippen molar-refractivity contribution < 1.29 is 4.79 Å². The van der Waals surface area contributed by atoms with Gasteiger partial charge in [-0.2, -0.15) is 0 Å². The maximum Gasteiger partial charge on any atom is 0.265 e. The number of ketones is 1. The Hall–Kier alpha value is -3.09. The van der Waals surface area contributed by atoms with Gasteiger partial charge in [-0.1, -0.05) is 41.9 Å². The summed E-state index contributed by atoms with van der Waals surface area (Å²) in [6, 6.07) is 14.2. The van der Waals surface area contributed by atoms with Gasteiger partial charge in [0.2, 0.25) is 5.78 Å². The van der Waals surface area contributed by atoms with Crippen LogP contribution in [-0.2, 0) is 0 Å². The van der Waals surface area contributed by atoms with E-state index >= 15 is 0 Å². The molecule has 7 heteroatoms. The molecule has 0 bridgehead atoms. The number of carbonyl (C=O) groups excluding carboxylic acids is 1. The second kappa shape index (κ2) is 7.26. The van der Waals surface area contributed by atoms with Gasteiger partial charge in [-0.25, -0.2) is 9.97 Å². The van der Waals surface area contributed by atoms with Crippen molar-refractivity contribution in [2.24, 2.45) is 0 Å². The van der Waals surface area contributed by atoms with Crippen LogP contribution < -0.4 is 5.56 Å². The summed E-state index contributed by atoms with van der Waals surface area (Å²) in [5.74, 6) is -0.342. The van der Waals surface area contributed by atoms with Crippen molar-refractivity contribution in [3.05, 3.63) is 92.4 Å². The van der Waals surface area contributed by atoms with Crippen LogP contribution >= 0.6 is 22.9 Å². The van der Waals surface area contributed by atoms with E-state index in [1.807, 2.05) is 30.3 Å². The average molecular weight is 394 g/mol. The molecule has 0 radical (unpaired) electrons. The van der Waals surface area contributed by atoms with Gasteiger partial charge in [0.25, 0.3) is 5.56 Å². The molecule has 0 atom stereocenters. The van der Waals surface area contributed by atoms with Crippen molar-refractivity contribution >= 4 is 51.4 Å². The molecule has 4 rings (SSSR count). The molecular weight excluding hydrogens is 382 g/mol. The second-order valence-electron chi connectivity index (χ2n) is 5.69. The first-order chi connectivity index (χ1) is 13.1. The highest BCUT2D eigenvalue weighted by molar-refractivity contribution is 7.12. The second-order valence-corrected chi connectivity index (χ2v) is 7.02. The van der Waals surface area contributed by atoms with Crippen LogP contribution in [0.3, 0.4) is 0 Å². The molecule has 0 aliphatic heterocycles. The molecule has 0 unspecified atom stereocenters. The minimum Gasteiger partial charge on any atom is -0.284 e. The molecule has 0 saturated heterocycles. The molecule has 0 fully saturated rings. The maximum atomic E-state index is 13.0. The van der Waals surface area contributed by atoms with Crippen LogP contribution in [0.1, 0.15) is 15.4 Å². The molecule has 5 nitrogen and oxygen atoms in total. The minimum atomic E-state index is -0.344. The van der Waals surface area contributed by atoms with Crippen LogP contribution in [0.25, 0.3) is 22.7 Å². The van der Waals surface area contributed by atoms with Crippen molar-refractivity contribution in [2.75, 3.05) is 0 Å². The minimum absolute atomic E-state index is 0.186. The van der Waals surface area contributed by atoms with E-state index in [2.05, 4.69) is 9.97 Å². The van der Waals surface area contributed by atoms with Gasteiger partial charge in [0.1, 0.15) is 12.0 Å². The van der Waals surface area contributed by atoms with Crippen molar-refractivity contribution in [2.45, 2.75) is 0 Å². The fourth-order valence-electron chi connectivity index (χ4n) is 2.66. The van der Waals surface area contributed by atoms with E-state index in [0.29, 0.717) is 20.9 Å². The summed E-state index contributed by atoms with van der Waals surface area (Å²) >= 11 is 7.20. The molecule has 132 valence electrons. The van der Waals surface area contributed by atoms with Gasteiger partial charge < -0.3 is 0 Å². The van der Waals surface area contributed by atoms with E-state index in [1.165, 1.54) is 22.2 Å². The summed E-state index contributed by atoms with van der Waals surface area (Å²) in [5.41, 5.74) is 1.11. The molecule has 0 N–H and O–H groups in total. The van der Waals surface area contributed by atoms with Crippen molar-refractivity contribution in [3.63, 3.8) is 0 Å². The quantitative estimate of drug-likeness (QED) is 0.381. The van der Waals surface area contributed by atoms with Crippen LogP contribution in [0.2, 0.25) is 5.02 Å². The predicted molar refractivity (Wildman–Crippen MR) is 108 cm³/mol. The SMILES string of the molecule is O=C(/C(=C/c1ccccc1)n1cnc2cc(Cl)ccc2c1=O)c1nccs1. The zero-order chi connectivity index (χ0) is 18.8. The van der Waals surface area contributed by atoms with Gasteiger partial charge >= 0.3 is 0 Å². The number of halogens is 1. The van der Waals surface area contributed by atoms with E-state index in [1.54, 1.807) is 35.9 Å². The van der Waals surface area contributed by atoms with E-state index in [4.69, 9.17) is 11.6 Å². The normalized spacial score (nSPS) is 11.7. The lowest BCUT2D eigenvalue weighted by Gasteiger charge is -2.10. The lowest BCUT2D eigenvalue weighted by molar-refractivity contribution is 0.105. The number of allylic oxidation sites excluding steroid dienone is 1. The largest absolute Gasteiger partial charge is 0.284 e. The van der Waals surface area contributed by atoms with Gasteiger partial charge in [-0.15, -0.1) is 11.3 Å². The summed E-state index contributed by atoms with van der Waals surface area (Å²) in [4.78, 5) is 34.4. The lowest BCUT2D eigenvalue weighted by atomic mass is 10.1. The fraction of sp³-hybridized carbons (Fsp3) is 0. The molecule has 4 aromatic rings. The van der Waals surface area contributed by atoms with Crippen molar-refractivity contribution in [1.29, 1.82) is 0 Å². The highest BCUT2D eigenvalue weighted by atomic mass is 35.5. The number of carbonyl (C=O) groups is 1. The Morgan fingerprint density at radius 3 is 2.67 bits per heavy atom. The molecule has 0 saturated carbocycles. The molecule has 2 aromatic carbocycles. The molecule has 0 amide bonds. The third-order valence-electron chi connectivity index (χ3n) is 3.94. The third-order valence-corrected chi connectivity index (χ3v) is 4.95. The topological polar surface area (TPSA) is 64.8 Å². The molecular formula is C20H12ClN3O2S. The zero-order valence-electron chi connectivity index (χ0n) is 13.9. The molecule has 2 heterocycles. The highest BCUT2D eigenvalue weighted by Crippen LogP contribution is 2.20. The van der Waals surface area contributed by atoms with Gasteiger partial charge in [0.05, 0.1) is 10.9 Å². The Labute approximate surface area is 163 Å². The number of benzene rings is 2. The average Bonchev–Trinajstić information content (AvgIpc) is 3.22. The number of nitrogens with zero attached hydrogens (tertiary/aromatic N) is 3. The van der Waals surface area contributed by atoms with Crippen LogP contribution in [0, 0.1) is 0 Å². The smallest absolute Gasteiger partial charge is 0.265 e. The first kappa shape index (κ1) is 17.3. The van der Waals surface area contributed by atoms with Gasteiger partial charge in [-0.05, 0) is 29.8 Å². The van der Waals surface area contributed by atoms with E-state index < -0.39 is 0 Å². The van der Waals surface area contributed by atoms with Crippen LogP contribution in [0.15, 0.2) is 71.2 Å². The van der Waals surface area contributed by atoms with Crippen LogP contribution in [0.4, 0.5) is 0 Å².